The van der Waals surface area contributed by atoms with Crippen molar-refractivity contribution in [2.45, 2.75) is 38.0 Å². The van der Waals surface area contributed by atoms with Crippen LogP contribution in [0.25, 0.3) is 0 Å². The highest BCUT2D eigenvalue weighted by molar-refractivity contribution is 7.15. The summed E-state index contributed by atoms with van der Waals surface area (Å²) in [7, 11) is 3.21. The summed E-state index contributed by atoms with van der Waals surface area (Å²) in [6.45, 7) is 1.87. The molecule has 0 aliphatic heterocycles. The lowest BCUT2D eigenvalue weighted by atomic mass is 9.78. The van der Waals surface area contributed by atoms with Gasteiger partial charge >= 0.3 is 0 Å². The van der Waals surface area contributed by atoms with Crippen LogP contribution in [-0.4, -0.2) is 30.3 Å². The molecule has 2 aromatic rings. The Bertz CT molecular complexity index is 738. The molecule has 128 valence electrons. The van der Waals surface area contributed by atoms with Crippen LogP contribution in [-0.2, 0) is 10.2 Å². The van der Waals surface area contributed by atoms with Crippen molar-refractivity contribution in [2.24, 2.45) is 0 Å². The SMILES string of the molecule is COc1ccc(C2(C(=O)Nc3nnc(C)s3)CCCC2)cc1OC. The van der Waals surface area contributed by atoms with Crippen LogP contribution in [0, 0.1) is 6.92 Å². The molecule has 0 bridgehead atoms. The summed E-state index contributed by atoms with van der Waals surface area (Å²) in [4.78, 5) is 13.1. The number of benzene rings is 1. The number of nitrogens with one attached hydrogen (secondary N) is 1. The summed E-state index contributed by atoms with van der Waals surface area (Å²) in [6, 6.07) is 5.73. The molecule has 1 N–H and O–H groups in total. The van der Waals surface area contributed by atoms with Crippen LogP contribution in [0.2, 0.25) is 0 Å². The minimum atomic E-state index is -0.556. The highest BCUT2D eigenvalue weighted by atomic mass is 32.1. The van der Waals surface area contributed by atoms with Crippen LogP contribution in [0.4, 0.5) is 5.13 Å². The average Bonchev–Trinajstić information content (AvgIpc) is 3.24. The van der Waals surface area contributed by atoms with E-state index in [-0.39, 0.29) is 5.91 Å². The average molecular weight is 347 g/mol. The third-order valence-electron chi connectivity index (χ3n) is 4.57. The molecular formula is C17H21N3O3S. The van der Waals surface area contributed by atoms with Crippen LogP contribution < -0.4 is 14.8 Å². The first-order chi connectivity index (χ1) is 11.6. The van der Waals surface area contributed by atoms with Gasteiger partial charge in [0, 0.05) is 0 Å². The molecule has 6 nitrogen and oxygen atoms in total. The standard InChI is InChI=1S/C17H21N3O3S/c1-11-19-20-16(24-11)18-15(21)17(8-4-5-9-17)12-6-7-13(22-2)14(10-12)23-3/h6-7,10H,4-5,8-9H2,1-3H3,(H,18,20,21). The van der Waals surface area contributed by atoms with Crippen LogP contribution >= 0.6 is 11.3 Å². The van der Waals surface area contributed by atoms with Gasteiger partial charge in [-0.15, -0.1) is 10.2 Å². The fraction of sp³-hybridized carbons (Fsp3) is 0.471. The van der Waals surface area contributed by atoms with Gasteiger partial charge in [-0.3, -0.25) is 10.1 Å². The van der Waals surface area contributed by atoms with E-state index in [0.29, 0.717) is 16.6 Å². The normalized spacial score (nSPS) is 16.0. The summed E-state index contributed by atoms with van der Waals surface area (Å²) in [5.41, 5.74) is 0.399. The molecule has 1 heterocycles. The second-order valence-corrected chi connectivity index (χ2v) is 7.12. The Balaban J connectivity index is 1.94. The molecule has 0 spiro atoms. The lowest BCUT2D eigenvalue weighted by molar-refractivity contribution is -0.121. The van der Waals surface area contributed by atoms with Crippen molar-refractivity contribution >= 4 is 22.4 Å². The zero-order valence-corrected chi connectivity index (χ0v) is 14.9. The number of hydrogen-bond donors (Lipinski definition) is 1. The second kappa shape index (κ2) is 6.76. The van der Waals surface area contributed by atoms with Gasteiger partial charge in [0.25, 0.3) is 0 Å². The Morgan fingerprint density at radius 3 is 2.46 bits per heavy atom. The number of methoxy groups -OCH3 is 2. The number of aromatic nitrogens is 2. The molecule has 1 aromatic carbocycles. The molecule has 1 saturated carbocycles. The fourth-order valence-electron chi connectivity index (χ4n) is 3.32. The largest absolute Gasteiger partial charge is 0.493 e. The zero-order valence-electron chi connectivity index (χ0n) is 14.1. The molecule has 0 atom stereocenters. The minimum Gasteiger partial charge on any atom is -0.493 e. The zero-order chi connectivity index (χ0) is 17.2. The van der Waals surface area contributed by atoms with Gasteiger partial charge < -0.3 is 9.47 Å². The van der Waals surface area contributed by atoms with Crippen LogP contribution in [0.15, 0.2) is 18.2 Å². The summed E-state index contributed by atoms with van der Waals surface area (Å²) >= 11 is 1.38. The predicted molar refractivity (Wildman–Crippen MR) is 93.0 cm³/mol. The molecule has 0 saturated heterocycles. The number of anilines is 1. The lowest BCUT2D eigenvalue weighted by Crippen LogP contribution is -2.38. The number of ether oxygens (including phenoxy) is 2. The Kier molecular flexibility index (Phi) is 4.71. The van der Waals surface area contributed by atoms with E-state index >= 15 is 0 Å². The van der Waals surface area contributed by atoms with Crippen molar-refractivity contribution in [1.29, 1.82) is 0 Å². The first-order valence-electron chi connectivity index (χ1n) is 7.93. The summed E-state index contributed by atoms with van der Waals surface area (Å²) < 4.78 is 10.7. The van der Waals surface area contributed by atoms with Gasteiger partial charge in [0.15, 0.2) is 11.5 Å². The lowest BCUT2D eigenvalue weighted by Gasteiger charge is -2.28. The van der Waals surface area contributed by atoms with Gasteiger partial charge in [-0.1, -0.05) is 30.2 Å². The number of hydrogen-bond acceptors (Lipinski definition) is 6. The number of carbonyl (C=O) groups excluding carboxylic acids is 1. The van der Waals surface area contributed by atoms with Crippen molar-refractivity contribution in [3.63, 3.8) is 0 Å². The third-order valence-corrected chi connectivity index (χ3v) is 5.33. The van der Waals surface area contributed by atoms with E-state index < -0.39 is 5.41 Å². The number of amides is 1. The molecule has 1 fully saturated rings. The van der Waals surface area contributed by atoms with Crippen LogP contribution in [0.1, 0.15) is 36.3 Å². The van der Waals surface area contributed by atoms with Crippen molar-refractivity contribution in [3.05, 3.63) is 28.8 Å². The van der Waals surface area contributed by atoms with E-state index in [4.69, 9.17) is 9.47 Å². The number of rotatable bonds is 5. The Morgan fingerprint density at radius 2 is 1.88 bits per heavy atom. The Labute approximate surface area is 145 Å². The van der Waals surface area contributed by atoms with Crippen molar-refractivity contribution in [1.82, 2.24) is 10.2 Å². The summed E-state index contributed by atoms with van der Waals surface area (Å²) in [5.74, 6) is 1.28. The van der Waals surface area contributed by atoms with Gasteiger partial charge in [0.2, 0.25) is 11.0 Å². The monoisotopic (exact) mass is 347 g/mol. The quantitative estimate of drug-likeness (QED) is 0.898. The van der Waals surface area contributed by atoms with Crippen molar-refractivity contribution in [2.75, 3.05) is 19.5 Å². The molecule has 1 aliphatic carbocycles. The number of aryl methyl sites for hydroxylation is 1. The summed E-state index contributed by atoms with van der Waals surface area (Å²) in [6.07, 6.45) is 3.67. The molecule has 1 amide bonds. The first kappa shape index (κ1) is 16.7. The molecule has 0 radical (unpaired) electrons. The highest BCUT2D eigenvalue weighted by Gasteiger charge is 2.43. The van der Waals surface area contributed by atoms with Gasteiger partial charge in [-0.05, 0) is 37.5 Å². The topological polar surface area (TPSA) is 73.3 Å². The van der Waals surface area contributed by atoms with Crippen LogP contribution in [0.5, 0.6) is 11.5 Å². The van der Waals surface area contributed by atoms with Crippen LogP contribution in [0.3, 0.4) is 0 Å². The van der Waals surface area contributed by atoms with Gasteiger partial charge in [0.1, 0.15) is 5.01 Å². The third kappa shape index (κ3) is 2.96. The highest BCUT2D eigenvalue weighted by Crippen LogP contribution is 2.44. The molecular weight excluding hydrogens is 326 g/mol. The molecule has 3 rings (SSSR count). The maximum Gasteiger partial charge on any atom is 0.236 e. The van der Waals surface area contributed by atoms with Crippen molar-refractivity contribution in [3.8, 4) is 11.5 Å². The van der Waals surface area contributed by atoms with E-state index in [1.54, 1.807) is 14.2 Å². The molecule has 0 unspecified atom stereocenters. The predicted octanol–water partition coefficient (Wildman–Crippen LogP) is 3.31. The van der Waals surface area contributed by atoms with E-state index in [0.717, 1.165) is 36.3 Å². The van der Waals surface area contributed by atoms with E-state index in [2.05, 4.69) is 15.5 Å². The minimum absolute atomic E-state index is 0.0247. The number of nitrogens with zero attached hydrogens (tertiary/aromatic N) is 2. The number of carbonyl (C=O) groups is 1. The summed E-state index contributed by atoms with van der Waals surface area (Å²) in [5, 5.41) is 12.3. The van der Waals surface area contributed by atoms with E-state index in [1.165, 1.54) is 11.3 Å². The Hall–Kier alpha value is -2.15. The molecule has 1 aromatic heterocycles. The van der Waals surface area contributed by atoms with E-state index in [1.807, 2.05) is 25.1 Å². The smallest absolute Gasteiger partial charge is 0.236 e. The first-order valence-corrected chi connectivity index (χ1v) is 8.75. The molecule has 7 heteroatoms. The van der Waals surface area contributed by atoms with Gasteiger partial charge in [-0.2, -0.15) is 0 Å². The fourth-order valence-corrected chi connectivity index (χ4v) is 3.91. The maximum atomic E-state index is 13.1. The Morgan fingerprint density at radius 1 is 1.17 bits per heavy atom. The molecule has 24 heavy (non-hydrogen) atoms. The van der Waals surface area contributed by atoms with Gasteiger partial charge in [-0.25, -0.2) is 0 Å². The van der Waals surface area contributed by atoms with Crippen molar-refractivity contribution < 1.29 is 14.3 Å². The maximum absolute atomic E-state index is 13.1. The van der Waals surface area contributed by atoms with Gasteiger partial charge in [0.05, 0.1) is 19.6 Å². The second-order valence-electron chi connectivity index (χ2n) is 5.94. The van der Waals surface area contributed by atoms with E-state index in [9.17, 15) is 4.79 Å². The molecule has 1 aliphatic rings.